The summed E-state index contributed by atoms with van der Waals surface area (Å²) in [5, 5.41) is 6.19. The van der Waals surface area contributed by atoms with Gasteiger partial charge in [-0.15, -0.1) is 0 Å². The van der Waals surface area contributed by atoms with Crippen molar-refractivity contribution in [2.24, 2.45) is 7.05 Å². The van der Waals surface area contributed by atoms with Gasteiger partial charge in [0.1, 0.15) is 5.52 Å². The van der Waals surface area contributed by atoms with E-state index in [2.05, 4.69) is 38.8 Å². The van der Waals surface area contributed by atoms with Crippen LogP contribution >= 0.6 is 11.6 Å². The summed E-state index contributed by atoms with van der Waals surface area (Å²) < 4.78 is 16.1. The Labute approximate surface area is 186 Å². The molecule has 0 bridgehead atoms. The second-order valence-corrected chi connectivity index (χ2v) is 8.38. The second-order valence-electron chi connectivity index (χ2n) is 7.98. The molecule has 6 nitrogen and oxygen atoms in total. The average molecular weight is 441 g/mol. The van der Waals surface area contributed by atoms with Gasteiger partial charge in [-0.05, 0) is 44.3 Å². The minimum Gasteiger partial charge on any atom is -0.372 e. The van der Waals surface area contributed by atoms with Crippen molar-refractivity contribution in [3.8, 4) is 11.3 Å². The van der Waals surface area contributed by atoms with Crippen LogP contribution in [0.1, 0.15) is 13.3 Å². The predicted molar refractivity (Wildman–Crippen MR) is 125 cm³/mol. The lowest BCUT2D eigenvalue weighted by atomic mass is 10.1. The lowest BCUT2D eigenvalue weighted by Crippen LogP contribution is -2.31. The lowest BCUT2D eigenvalue weighted by molar-refractivity contribution is 0.342. The highest BCUT2D eigenvalue weighted by Crippen LogP contribution is 2.31. The van der Waals surface area contributed by atoms with E-state index < -0.39 is 0 Å². The van der Waals surface area contributed by atoms with E-state index in [1.807, 2.05) is 19.2 Å². The molecule has 0 saturated heterocycles. The summed E-state index contributed by atoms with van der Waals surface area (Å²) in [6.45, 7) is 5.11. The molecule has 0 atom stereocenters. The van der Waals surface area contributed by atoms with Gasteiger partial charge >= 0.3 is 0 Å². The Morgan fingerprint density at radius 2 is 1.90 bits per heavy atom. The number of nitrogens with zero attached hydrogens (tertiary/aromatic N) is 6. The van der Waals surface area contributed by atoms with Crippen LogP contribution in [0.15, 0.2) is 36.7 Å². The van der Waals surface area contributed by atoms with Gasteiger partial charge in [0.05, 0.1) is 22.6 Å². The standard InChI is InChI=1S/C23H26ClFN6/c1-5-6-29(2)7-8-30(3)17-11-18-19(24)12-21(27-23(18)26-13-17)15-9-16-14-31(4)28-22(16)20(25)10-15/h9-14H,5-8H2,1-4H3. The zero-order valence-electron chi connectivity index (χ0n) is 18.2. The number of halogens is 2. The van der Waals surface area contributed by atoms with Crippen LogP contribution in [0, 0.1) is 5.82 Å². The van der Waals surface area contributed by atoms with Crippen molar-refractivity contribution in [1.82, 2.24) is 24.6 Å². The van der Waals surface area contributed by atoms with Crippen molar-refractivity contribution in [2.45, 2.75) is 13.3 Å². The number of likely N-dealkylation sites (N-methyl/N-ethyl adjacent to an activating group) is 2. The van der Waals surface area contributed by atoms with E-state index in [4.69, 9.17) is 11.6 Å². The van der Waals surface area contributed by atoms with Crippen LogP contribution in [0.3, 0.4) is 0 Å². The van der Waals surface area contributed by atoms with E-state index in [9.17, 15) is 4.39 Å². The summed E-state index contributed by atoms with van der Waals surface area (Å²) in [5.41, 5.74) is 3.08. The van der Waals surface area contributed by atoms with Gasteiger partial charge in [0.15, 0.2) is 11.5 Å². The van der Waals surface area contributed by atoms with Crippen molar-refractivity contribution in [3.05, 3.63) is 47.5 Å². The highest BCUT2D eigenvalue weighted by atomic mass is 35.5. The van der Waals surface area contributed by atoms with Crippen molar-refractivity contribution >= 4 is 39.2 Å². The van der Waals surface area contributed by atoms with Gasteiger partial charge in [-0.3, -0.25) is 4.68 Å². The molecule has 0 N–H and O–H groups in total. The highest BCUT2D eigenvalue weighted by Gasteiger charge is 2.14. The first kappa shape index (κ1) is 21.5. The highest BCUT2D eigenvalue weighted by molar-refractivity contribution is 6.35. The minimum atomic E-state index is -0.385. The largest absolute Gasteiger partial charge is 0.372 e. The second kappa shape index (κ2) is 8.77. The molecule has 1 aromatic carbocycles. The van der Waals surface area contributed by atoms with E-state index >= 15 is 0 Å². The molecule has 0 fully saturated rings. The predicted octanol–water partition coefficient (Wildman–Crippen LogP) is 4.75. The Morgan fingerprint density at radius 3 is 2.68 bits per heavy atom. The maximum atomic E-state index is 14.5. The van der Waals surface area contributed by atoms with E-state index in [0.29, 0.717) is 32.8 Å². The third-order valence-corrected chi connectivity index (χ3v) is 5.75. The van der Waals surface area contributed by atoms with Gasteiger partial charge in [-0.1, -0.05) is 18.5 Å². The van der Waals surface area contributed by atoms with Crippen LogP contribution in [0.25, 0.3) is 33.2 Å². The van der Waals surface area contributed by atoms with Crippen molar-refractivity contribution in [2.75, 3.05) is 38.6 Å². The van der Waals surface area contributed by atoms with E-state index in [-0.39, 0.29) is 5.82 Å². The Bertz CT molecular complexity index is 1240. The molecule has 31 heavy (non-hydrogen) atoms. The van der Waals surface area contributed by atoms with Crippen LogP contribution in [0.2, 0.25) is 5.02 Å². The molecule has 8 heteroatoms. The molecule has 162 valence electrons. The monoisotopic (exact) mass is 440 g/mol. The summed E-state index contributed by atoms with van der Waals surface area (Å²) in [6, 6.07) is 7.08. The summed E-state index contributed by atoms with van der Waals surface area (Å²) in [7, 11) is 5.94. The zero-order valence-corrected chi connectivity index (χ0v) is 19.0. The maximum Gasteiger partial charge on any atom is 0.161 e. The van der Waals surface area contributed by atoms with E-state index in [0.717, 1.165) is 37.1 Å². The van der Waals surface area contributed by atoms with E-state index in [1.165, 1.54) is 6.07 Å². The molecule has 0 spiro atoms. The average Bonchev–Trinajstić information content (AvgIpc) is 3.13. The first-order chi connectivity index (χ1) is 14.9. The number of hydrogen-bond acceptors (Lipinski definition) is 5. The molecule has 0 unspecified atom stereocenters. The molecule has 0 saturated carbocycles. The summed E-state index contributed by atoms with van der Waals surface area (Å²) in [4.78, 5) is 13.7. The van der Waals surface area contributed by atoms with Gasteiger partial charge in [0, 0.05) is 49.7 Å². The number of benzene rings is 1. The fourth-order valence-corrected chi connectivity index (χ4v) is 3.96. The SMILES string of the molecule is CCCN(C)CCN(C)c1cnc2nc(-c3cc(F)c4nn(C)cc4c3)cc(Cl)c2c1. The Kier molecular flexibility index (Phi) is 6.07. The fourth-order valence-electron chi connectivity index (χ4n) is 3.72. The third kappa shape index (κ3) is 4.48. The molecular formula is C23H26ClFN6. The molecule has 3 aromatic heterocycles. The van der Waals surface area contributed by atoms with Gasteiger partial charge in [-0.2, -0.15) is 5.10 Å². The van der Waals surface area contributed by atoms with Gasteiger partial charge < -0.3 is 9.80 Å². The van der Waals surface area contributed by atoms with Crippen LogP contribution in [-0.4, -0.2) is 58.4 Å². The molecule has 0 aliphatic carbocycles. The topological polar surface area (TPSA) is 50.1 Å². The lowest BCUT2D eigenvalue weighted by Gasteiger charge is -2.23. The third-order valence-electron chi connectivity index (χ3n) is 5.43. The zero-order chi connectivity index (χ0) is 22.1. The van der Waals surface area contributed by atoms with Crippen molar-refractivity contribution in [3.63, 3.8) is 0 Å². The molecule has 0 radical (unpaired) electrons. The summed E-state index contributed by atoms with van der Waals surface area (Å²) in [5.74, 6) is -0.385. The van der Waals surface area contributed by atoms with Crippen molar-refractivity contribution in [1.29, 1.82) is 0 Å². The molecule has 3 heterocycles. The molecule has 4 aromatic rings. The first-order valence-corrected chi connectivity index (χ1v) is 10.7. The molecule has 0 aliphatic heterocycles. The van der Waals surface area contributed by atoms with Crippen LogP contribution in [-0.2, 0) is 7.05 Å². The number of fused-ring (bicyclic) bond motifs is 2. The minimum absolute atomic E-state index is 0.341. The van der Waals surface area contributed by atoms with Crippen LogP contribution < -0.4 is 4.90 Å². The first-order valence-electron chi connectivity index (χ1n) is 10.3. The summed E-state index contributed by atoms with van der Waals surface area (Å²) in [6.07, 6.45) is 4.72. The molecular weight excluding hydrogens is 415 g/mol. The maximum absolute atomic E-state index is 14.5. The van der Waals surface area contributed by atoms with E-state index in [1.54, 1.807) is 30.2 Å². The molecule has 0 amide bonds. The number of pyridine rings is 2. The van der Waals surface area contributed by atoms with Crippen LogP contribution in [0.5, 0.6) is 0 Å². The number of hydrogen-bond donors (Lipinski definition) is 0. The smallest absolute Gasteiger partial charge is 0.161 e. The van der Waals surface area contributed by atoms with Crippen molar-refractivity contribution < 1.29 is 4.39 Å². The Morgan fingerprint density at radius 1 is 1.10 bits per heavy atom. The number of rotatable bonds is 7. The van der Waals surface area contributed by atoms with Gasteiger partial charge in [-0.25, -0.2) is 14.4 Å². The summed E-state index contributed by atoms with van der Waals surface area (Å²) >= 11 is 6.60. The van der Waals surface area contributed by atoms with Crippen LogP contribution in [0.4, 0.5) is 10.1 Å². The number of aryl methyl sites for hydroxylation is 1. The Balaban J connectivity index is 1.65. The normalized spacial score (nSPS) is 11.7. The van der Waals surface area contributed by atoms with Gasteiger partial charge in [0.2, 0.25) is 0 Å². The van der Waals surface area contributed by atoms with Gasteiger partial charge in [0.25, 0.3) is 0 Å². The Hall–Kier alpha value is -2.77. The molecule has 0 aliphatic rings. The number of aromatic nitrogens is 4. The number of anilines is 1. The quantitative estimate of drug-likeness (QED) is 0.415. The molecule has 4 rings (SSSR count). The fraction of sp³-hybridized carbons (Fsp3) is 0.348.